The van der Waals surface area contributed by atoms with Gasteiger partial charge in [-0.3, -0.25) is 4.68 Å². The molecule has 0 radical (unpaired) electrons. The van der Waals surface area contributed by atoms with Crippen molar-refractivity contribution < 1.29 is 4.74 Å². The Labute approximate surface area is 166 Å². The lowest BCUT2D eigenvalue weighted by Gasteiger charge is -2.16. The predicted octanol–water partition coefficient (Wildman–Crippen LogP) is 1.24. The molecule has 1 aliphatic heterocycles. The van der Waals surface area contributed by atoms with Gasteiger partial charge in [0.05, 0.1) is 11.8 Å². The van der Waals surface area contributed by atoms with Gasteiger partial charge in [-0.15, -0.1) is 10.2 Å². The fourth-order valence-corrected chi connectivity index (χ4v) is 3.27. The average molecular weight is 389 g/mol. The number of aliphatic imine (C=N–C) groups is 1. The van der Waals surface area contributed by atoms with Gasteiger partial charge in [-0.2, -0.15) is 5.10 Å². The second-order valence-electron chi connectivity index (χ2n) is 7.33. The largest absolute Gasteiger partial charge is 0.376 e. The average Bonchev–Trinajstić information content (AvgIpc) is 3.37. The molecule has 1 saturated heterocycles. The van der Waals surface area contributed by atoms with E-state index in [0.717, 1.165) is 68.8 Å². The van der Waals surface area contributed by atoms with E-state index in [9.17, 15) is 0 Å². The molecule has 3 rings (SSSR count). The van der Waals surface area contributed by atoms with Crippen LogP contribution in [0.15, 0.2) is 11.1 Å². The third-order valence-corrected chi connectivity index (χ3v) is 5.02. The Hall–Kier alpha value is -2.42. The normalized spacial score (nSPS) is 17.3. The number of guanidine groups is 1. The smallest absolute Gasteiger partial charge is 0.191 e. The lowest BCUT2D eigenvalue weighted by molar-refractivity contribution is 0.114. The third kappa shape index (κ3) is 5.54. The first-order valence-corrected chi connectivity index (χ1v) is 10.0. The number of nitrogens with one attached hydrogen (secondary N) is 2. The van der Waals surface area contributed by atoms with Crippen LogP contribution in [0.1, 0.15) is 42.3 Å². The molecule has 1 fully saturated rings. The van der Waals surface area contributed by atoms with Gasteiger partial charge in [0, 0.05) is 39.0 Å². The third-order valence-electron chi connectivity index (χ3n) is 5.02. The molecule has 1 atom stereocenters. The summed E-state index contributed by atoms with van der Waals surface area (Å²) >= 11 is 0. The fraction of sp³-hybridized carbons (Fsp3) is 0.684. The minimum Gasteiger partial charge on any atom is -0.376 e. The van der Waals surface area contributed by atoms with Gasteiger partial charge in [0.15, 0.2) is 11.8 Å². The van der Waals surface area contributed by atoms with Gasteiger partial charge < -0.3 is 19.9 Å². The Bertz CT molecular complexity index is 788. The first-order chi connectivity index (χ1) is 13.5. The van der Waals surface area contributed by atoms with E-state index >= 15 is 0 Å². The Balaban J connectivity index is 1.52. The van der Waals surface area contributed by atoms with Crippen molar-refractivity contribution in [1.82, 2.24) is 35.2 Å². The van der Waals surface area contributed by atoms with Gasteiger partial charge in [0.2, 0.25) is 0 Å². The summed E-state index contributed by atoms with van der Waals surface area (Å²) in [6.45, 7) is 9.85. The molecule has 0 aromatic carbocycles. The first kappa shape index (κ1) is 20.3. The van der Waals surface area contributed by atoms with Gasteiger partial charge in [0.1, 0.15) is 12.4 Å². The summed E-state index contributed by atoms with van der Waals surface area (Å²) in [5.41, 5.74) is 2.26. The van der Waals surface area contributed by atoms with Crippen LogP contribution in [0.3, 0.4) is 0 Å². The van der Waals surface area contributed by atoms with Gasteiger partial charge in [0.25, 0.3) is 0 Å². The van der Waals surface area contributed by atoms with Crippen molar-refractivity contribution in [3.05, 3.63) is 29.1 Å². The zero-order chi connectivity index (χ0) is 19.9. The summed E-state index contributed by atoms with van der Waals surface area (Å²) in [5.74, 6) is 2.51. The van der Waals surface area contributed by atoms with Crippen LogP contribution in [-0.4, -0.2) is 56.3 Å². The first-order valence-electron chi connectivity index (χ1n) is 10.0. The summed E-state index contributed by atoms with van der Waals surface area (Å²) in [6.07, 6.45) is 3.46. The summed E-state index contributed by atoms with van der Waals surface area (Å²) in [6, 6.07) is 2.10. The van der Waals surface area contributed by atoms with Crippen molar-refractivity contribution in [2.45, 2.75) is 59.2 Å². The topological polar surface area (TPSA) is 94.2 Å². The molecule has 2 N–H and O–H groups in total. The number of aryl methyl sites for hydroxylation is 4. The van der Waals surface area contributed by atoms with Crippen molar-refractivity contribution in [2.24, 2.45) is 12.0 Å². The van der Waals surface area contributed by atoms with Crippen LogP contribution in [0.5, 0.6) is 0 Å². The Morgan fingerprint density at radius 3 is 2.79 bits per heavy atom. The molecule has 1 unspecified atom stereocenters. The second kappa shape index (κ2) is 9.68. The predicted molar refractivity (Wildman–Crippen MR) is 108 cm³/mol. The molecule has 154 valence electrons. The number of hydrogen-bond acceptors (Lipinski definition) is 5. The van der Waals surface area contributed by atoms with Gasteiger partial charge in [-0.05, 0) is 46.1 Å². The molecule has 0 spiro atoms. The molecule has 3 heterocycles. The van der Waals surface area contributed by atoms with Crippen molar-refractivity contribution in [2.75, 3.05) is 19.7 Å². The highest BCUT2D eigenvalue weighted by Gasteiger charge is 2.15. The van der Waals surface area contributed by atoms with Crippen LogP contribution >= 0.6 is 0 Å². The van der Waals surface area contributed by atoms with Gasteiger partial charge >= 0.3 is 0 Å². The minimum atomic E-state index is 0.263. The molecule has 1 aliphatic rings. The van der Waals surface area contributed by atoms with Crippen LogP contribution in [-0.2, 0) is 24.9 Å². The molecule has 0 amide bonds. The number of nitrogens with zero attached hydrogens (tertiary/aromatic N) is 6. The maximum absolute atomic E-state index is 5.70. The van der Waals surface area contributed by atoms with E-state index in [2.05, 4.69) is 48.6 Å². The van der Waals surface area contributed by atoms with Crippen LogP contribution in [0.2, 0.25) is 0 Å². The molecule has 2 aromatic heterocycles. The van der Waals surface area contributed by atoms with Crippen molar-refractivity contribution in [3.8, 4) is 0 Å². The van der Waals surface area contributed by atoms with E-state index in [1.807, 2.05) is 25.5 Å². The van der Waals surface area contributed by atoms with Crippen LogP contribution in [0.4, 0.5) is 0 Å². The zero-order valence-electron chi connectivity index (χ0n) is 17.4. The highest BCUT2D eigenvalue weighted by Crippen LogP contribution is 2.10. The van der Waals surface area contributed by atoms with E-state index in [1.54, 1.807) is 0 Å². The molecule has 28 heavy (non-hydrogen) atoms. The van der Waals surface area contributed by atoms with Gasteiger partial charge in [-0.1, -0.05) is 0 Å². The van der Waals surface area contributed by atoms with Crippen molar-refractivity contribution >= 4 is 5.96 Å². The molecular formula is C19H32N8O. The zero-order valence-corrected chi connectivity index (χ0v) is 17.4. The van der Waals surface area contributed by atoms with Crippen molar-refractivity contribution in [1.29, 1.82) is 0 Å². The second-order valence-corrected chi connectivity index (χ2v) is 7.33. The summed E-state index contributed by atoms with van der Waals surface area (Å²) < 4.78 is 9.72. The number of hydrogen-bond donors (Lipinski definition) is 2. The lowest BCUT2D eigenvalue weighted by atomic mass is 10.2. The SMILES string of the molecule is Cc1cc(C)n(CCCNC(=NCc2nnc(C)n2C)NCC2CCCO2)n1. The van der Waals surface area contributed by atoms with E-state index in [1.165, 1.54) is 5.69 Å². The highest BCUT2D eigenvalue weighted by atomic mass is 16.5. The lowest BCUT2D eigenvalue weighted by Crippen LogP contribution is -2.41. The molecule has 9 heteroatoms. The van der Waals surface area contributed by atoms with Crippen molar-refractivity contribution in [3.63, 3.8) is 0 Å². The molecular weight excluding hydrogens is 356 g/mol. The Kier molecular flexibility index (Phi) is 7.02. The van der Waals surface area contributed by atoms with Gasteiger partial charge in [-0.25, -0.2) is 4.99 Å². The van der Waals surface area contributed by atoms with E-state index in [4.69, 9.17) is 4.74 Å². The summed E-state index contributed by atoms with van der Waals surface area (Å²) in [7, 11) is 1.96. The van der Waals surface area contributed by atoms with Crippen LogP contribution in [0, 0.1) is 20.8 Å². The number of ether oxygens (including phenoxy) is 1. The fourth-order valence-electron chi connectivity index (χ4n) is 3.27. The van der Waals surface area contributed by atoms with E-state index in [-0.39, 0.29) is 6.10 Å². The summed E-state index contributed by atoms with van der Waals surface area (Å²) in [4.78, 5) is 4.69. The number of aromatic nitrogens is 5. The Morgan fingerprint density at radius 2 is 2.14 bits per heavy atom. The van der Waals surface area contributed by atoms with E-state index < -0.39 is 0 Å². The maximum atomic E-state index is 5.70. The summed E-state index contributed by atoms with van der Waals surface area (Å²) in [5, 5.41) is 19.6. The molecule has 2 aromatic rings. The number of rotatable bonds is 8. The molecule has 0 bridgehead atoms. The van der Waals surface area contributed by atoms with E-state index in [0.29, 0.717) is 6.54 Å². The monoisotopic (exact) mass is 388 g/mol. The maximum Gasteiger partial charge on any atom is 0.191 e. The molecule has 9 nitrogen and oxygen atoms in total. The Morgan fingerprint density at radius 1 is 1.29 bits per heavy atom. The molecule has 0 saturated carbocycles. The molecule has 0 aliphatic carbocycles. The van der Waals surface area contributed by atoms with Crippen LogP contribution < -0.4 is 10.6 Å². The minimum absolute atomic E-state index is 0.263. The van der Waals surface area contributed by atoms with Crippen LogP contribution in [0.25, 0.3) is 0 Å². The highest BCUT2D eigenvalue weighted by molar-refractivity contribution is 5.79. The standard InChI is InChI=1S/C19H32N8O/c1-14-11-15(2)27(25-14)9-6-8-20-19(21-12-17-7-5-10-28-17)22-13-18-24-23-16(3)26(18)4/h11,17H,5-10,12-13H2,1-4H3,(H2,20,21,22). The quantitative estimate of drug-likeness (QED) is 0.401.